The molecule has 0 saturated carbocycles. The molecule has 0 bridgehead atoms. The molecule has 1 atom stereocenters. The van der Waals surface area contributed by atoms with Gasteiger partial charge in [0, 0.05) is 18.3 Å². The number of benzene rings is 1. The number of aliphatic hydroxyl groups excluding tert-OH is 1. The van der Waals surface area contributed by atoms with Gasteiger partial charge < -0.3 is 24.4 Å². The molecule has 1 aliphatic heterocycles. The number of aromatic nitrogens is 2. The maximum Gasteiger partial charge on any atom is 0.295 e. The number of hydrogen-bond donors (Lipinski definition) is 1. The van der Waals surface area contributed by atoms with E-state index < -0.39 is 17.7 Å². The fourth-order valence-corrected chi connectivity index (χ4v) is 4.64. The summed E-state index contributed by atoms with van der Waals surface area (Å²) >= 11 is 0. The predicted octanol–water partition coefficient (Wildman–Crippen LogP) is 3.03. The minimum absolute atomic E-state index is 0.000147. The van der Waals surface area contributed by atoms with E-state index in [9.17, 15) is 14.7 Å². The second-order valence-electron chi connectivity index (χ2n) is 8.71. The summed E-state index contributed by atoms with van der Waals surface area (Å²) < 4.78 is 12.8. The van der Waals surface area contributed by atoms with Gasteiger partial charge in [0.1, 0.15) is 11.3 Å². The summed E-state index contributed by atoms with van der Waals surface area (Å²) in [5.41, 5.74) is 2.11. The van der Waals surface area contributed by atoms with Crippen LogP contribution in [0.4, 0.5) is 0 Å². The van der Waals surface area contributed by atoms with Crippen molar-refractivity contribution in [1.29, 1.82) is 0 Å². The number of rotatable bonds is 8. The van der Waals surface area contributed by atoms with E-state index in [1.165, 1.54) is 19.1 Å². The SMILES string of the molecule is COc1cccc(C2/C(=C(\O)c3c(C)nc4ccccn34)C(=O)C(=O)N2CCCN(C)C)c1OC. The van der Waals surface area contributed by atoms with Gasteiger partial charge in [0.15, 0.2) is 17.3 Å². The van der Waals surface area contributed by atoms with E-state index in [0.29, 0.717) is 47.1 Å². The largest absolute Gasteiger partial charge is 0.505 e. The van der Waals surface area contributed by atoms with E-state index >= 15 is 0 Å². The van der Waals surface area contributed by atoms with Crippen molar-refractivity contribution in [2.45, 2.75) is 19.4 Å². The van der Waals surface area contributed by atoms with E-state index in [4.69, 9.17) is 9.47 Å². The number of carbonyl (C=O) groups is 2. The number of para-hydroxylation sites is 1. The molecule has 4 rings (SSSR count). The summed E-state index contributed by atoms with van der Waals surface area (Å²) in [6.07, 6.45) is 2.41. The third-order valence-electron chi connectivity index (χ3n) is 6.20. The number of aryl methyl sites for hydroxylation is 1. The van der Waals surface area contributed by atoms with Crippen LogP contribution in [-0.4, -0.2) is 77.4 Å². The predicted molar refractivity (Wildman–Crippen MR) is 132 cm³/mol. The zero-order valence-electron chi connectivity index (χ0n) is 20.6. The van der Waals surface area contributed by atoms with Crippen LogP contribution in [0.15, 0.2) is 48.2 Å². The zero-order chi connectivity index (χ0) is 25.3. The Labute approximate surface area is 204 Å². The minimum Gasteiger partial charge on any atom is -0.505 e. The van der Waals surface area contributed by atoms with Gasteiger partial charge >= 0.3 is 0 Å². The highest BCUT2D eigenvalue weighted by atomic mass is 16.5. The number of ketones is 1. The Kier molecular flexibility index (Phi) is 6.79. The Morgan fingerprint density at radius 3 is 2.57 bits per heavy atom. The highest BCUT2D eigenvalue weighted by Crippen LogP contribution is 2.45. The van der Waals surface area contributed by atoms with Crippen molar-refractivity contribution in [3.63, 3.8) is 0 Å². The van der Waals surface area contributed by atoms with E-state index in [-0.39, 0.29) is 11.3 Å². The Balaban J connectivity index is 1.95. The van der Waals surface area contributed by atoms with Gasteiger partial charge in [-0.2, -0.15) is 0 Å². The molecule has 3 heterocycles. The van der Waals surface area contributed by atoms with Crippen LogP contribution < -0.4 is 9.47 Å². The third-order valence-corrected chi connectivity index (χ3v) is 6.20. The molecule has 1 aromatic carbocycles. The number of pyridine rings is 1. The number of fused-ring (bicyclic) bond motifs is 1. The third kappa shape index (κ3) is 4.23. The van der Waals surface area contributed by atoms with Crippen LogP contribution in [0.3, 0.4) is 0 Å². The van der Waals surface area contributed by atoms with Crippen LogP contribution in [0.1, 0.15) is 29.4 Å². The van der Waals surface area contributed by atoms with Crippen molar-refractivity contribution in [2.24, 2.45) is 0 Å². The standard InChI is InChI=1S/C26H30N4O5/c1-16-21(29-14-7-6-12-19(29)27-16)23(31)20-22(17-10-8-11-18(34-4)25(17)35-5)30(26(33)24(20)32)15-9-13-28(2)3/h6-8,10-12,14,22,31H,9,13,15H2,1-5H3/b23-20+. The van der Waals surface area contributed by atoms with E-state index in [1.807, 2.05) is 37.2 Å². The summed E-state index contributed by atoms with van der Waals surface area (Å²) in [6.45, 7) is 2.82. The van der Waals surface area contributed by atoms with Gasteiger partial charge in [0.25, 0.3) is 11.7 Å². The first kappa shape index (κ1) is 24.3. The van der Waals surface area contributed by atoms with Gasteiger partial charge in [-0.15, -0.1) is 0 Å². The number of methoxy groups -OCH3 is 2. The van der Waals surface area contributed by atoms with Crippen LogP contribution in [0, 0.1) is 6.92 Å². The molecule has 35 heavy (non-hydrogen) atoms. The van der Waals surface area contributed by atoms with Crippen LogP contribution in [0.2, 0.25) is 0 Å². The Hall–Kier alpha value is -3.85. The highest BCUT2D eigenvalue weighted by Gasteiger charge is 2.47. The van der Waals surface area contributed by atoms with Gasteiger partial charge in [-0.25, -0.2) is 4.98 Å². The number of amides is 1. The normalized spacial score (nSPS) is 17.5. The lowest BCUT2D eigenvalue weighted by Crippen LogP contribution is -2.32. The van der Waals surface area contributed by atoms with Crippen molar-refractivity contribution < 1.29 is 24.2 Å². The van der Waals surface area contributed by atoms with E-state index in [1.54, 1.807) is 35.7 Å². The molecule has 3 aromatic rings. The molecule has 0 radical (unpaired) electrons. The molecule has 1 fully saturated rings. The molecule has 1 saturated heterocycles. The molecule has 0 spiro atoms. The lowest BCUT2D eigenvalue weighted by Gasteiger charge is -2.27. The smallest absolute Gasteiger partial charge is 0.295 e. The molecule has 1 unspecified atom stereocenters. The first-order chi connectivity index (χ1) is 16.8. The number of carbonyl (C=O) groups excluding carboxylic acids is 2. The molecule has 1 aliphatic rings. The quantitative estimate of drug-likeness (QED) is 0.302. The van der Waals surface area contributed by atoms with Crippen LogP contribution in [0.25, 0.3) is 11.4 Å². The van der Waals surface area contributed by atoms with Gasteiger partial charge in [0.2, 0.25) is 0 Å². The molecule has 1 N–H and O–H groups in total. The number of aliphatic hydroxyl groups is 1. The van der Waals surface area contributed by atoms with Crippen molar-refractivity contribution in [2.75, 3.05) is 41.4 Å². The molecule has 0 aliphatic carbocycles. The van der Waals surface area contributed by atoms with Gasteiger partial charge in [-0.05, 0) is 52.2 Å². The second kappa shape index (κ2) is 9.79. The van der Waals surface area contributed by atoms with Crippen LogP contribution in [0.5, 0.6) is 11.5 Å². The fourth-order valence-electron chi connectivity index (χ4n) is 4.64. The zero-order valence-corrected chi connectivity index (χ0v) is 20.6. The average molecular weight is 479 g/mol. The molecule has 2 aromatic heterocycles. The second-order valence-corrected chi connectivity index (χ2v) is 8.71. The van der Waals surface area contributed by atoms with Crippen molar-refractivity contribution in [1.82, 2.24) is 19.2 Å². The number of hydrogen-bond acceptors (Lipinski definition) is 7. The van der Waals surface area contributed by atoms with E-state index in [0.717, 1.165) is 6.54 Å². The lowest BCUT2D eigenvalue weighted by molar-refractivity contribution is -0.140. The maximum atomic E-state index is 13.4. The number of nitrogens with zero attached hydrogens (tertiary/aromatic N) is 4. The molecule has 1 amide bonds. The number of imidazole rings is 1. The highest BCUT2D eigenvalue weighted by molar-refractivity contribution is 6.46. The molecular weight excluding hydrogens is 448 g/mol. The van der Waals surface area contributed by atoms with E-state index in [2.05, 4.69) is 4.98 Å². The van der Waals surface area contributed by atoms with Crippen molar-refractivity contribution in [3.05, 3.63) is 65.1 Å². The number of ether oxygens (including phenoxy) is 2. The average Bonchev–Trinajstić information content (AvgIpc) is 3.31. The fraction of sp³-hybridized carbons (Fsp3) is 0.346. The van der Waals surface area contributed by atoms with Crippen LogP contribution >= 0.6 is 0 Å². The summed E-state index contributed by atoms with van der Waals surface area (Å²) in [6, 6.07) is 9.92. The maximum absolute atomic E-state index is 13.4. The molecule has 9 heteroatoms. The first-order valence-electron chi connectivity index (χ1n) is 11.4. The Morgan fingerprint density at radius 1 is 1.11 bits per heavy atom. The Bertz CT molecular complexity index is 1310. The first-order valence-corrected chi connectivity index (χ1v) is 11.4. The summed E-state index contributed by atoms with van der Waals surface area (Å²) in [5, 5.41) is 11.6. The van der Waals surface area contributed by atoms with Gasteiger partial charge in [-0.3, -0.25) is 14.0 Å². The van der Waals surface area contributed by atoms with Gasteiger partial charge in [-0.1, -0.05) is 18.2 Å². The topological polar surface area (TPSA) is 96.6 Å². The minimum atomic E-state index is -0.851. The monoisotopic (exact) mass is 478 g/mol. The van der Waals surface area contributed by atoms with Crippen molar-refractivity contribution in [3.8, 4) is 11.5 Å². The molecule has 9 nitrogen and oxygen atoms in total. The van der Waals surface area contributed by atoms with Crippen LogP contribution in [-0.2, 0) is 9.59 Å². The molecule has 184 valence electrons. The summed E-state index contributed by atoms with van der Waals surface area (Å²) in [7, 11) is 6.93. The van der Waals surface area contributed by atoms with Crippen molar-refractivity contribution >= 4 is 23.1 Å². The molecular formula is C26H30N4O5. The Morgan fingerprint density at radius 2 is 1.89 bits per heavy atom. The lowest BCUT2D eigenvalue weighted by atomic mass is 9.95. The number of likely N-dealkylation sites (tertiary alicyclic amines) is 1. The van der Waals surface area contributed by atoms with Gasteiger partial charge in [0.05, 0.1) is 31.5 Å². The summed E-state index contributed by atoms with van der Waals surface area (Å²) in [4.78, 5) is 34.7. The summed E-state index contributed by atoms with van der Waals surface area (Å²) in [5.74, 6) is -0.807. The number of Topliss-reactive ketones (excluding diaryl/α,β-unsaturated/α-hetero) is 1.